The lowest BCUT2D eigenvalue weighted by Gasteiger charge is -2.13. The van der Waals surface area contributed by atoms with Crippen molar-refractivity contribution in [3.63, 3.8) is 0 Å². The van der Waals surface area contributed by atoms with E-state index in [1.54, 1.807) is 18.2 Å². The number of aromatic nitrogens is 2. The van der Waals surface area contributed by atoms with E-state index in [-0.39, 0.29) is 0 Å². The SMILES string of the molecule is N#Cc1cccc(C#N)c1-n1c2ccccc2c2ccc3c(c4ccccc4n3-c3ccc4ccccc4c3)c21. The van der Waals surface area contributed by atoms with Gasteiger partial charge in [-0.15, -0.1) is 0 Å². The van der Waals surface area contributed by atoms with Crippen LogP contribution in [0.3, 0.4) is 0 Å². The average molecular weight is 509 g/mol. The molecule has 0 atom stereocenters. The van der Waals surface area contributed by atoms with E-state index < -0.39 is 0 Å². The van der Waals surface area contributed by atoms with Crippen molar-refractivity contribution in [2.24, 2.45) is 0 Å². The molecule has 0 unspecified atom stereocenters. The standard InChI is InChI=1S/C36H20N4/c37-21-25-10-7-11-26(22-38)35(25)40-31-14-5-3-12-28(31)29-18-19-33-34(36(29)40)30-13-4-6-15-32(30)39(33)27-17-16-23-8-1-2-9-24(23)20-27/h1-20H. The van der Waals surface area contributed by atoms with Gasteiger partial charge in [-0.3, -0.25) is 0 Å². The van der Waals surface area contributed by atoms with Gasteiger partial charge in [0.15, 0.2) is 0 Å². The van der Waals surface area contributed by atoms with Crippen molar-refractivity contribution in [3.05, 3.63) is 132 Å². The summed E-state index contributed by atoms with van der Waals surface area (Å²) in [5.74, 6) is 0. The number of hydrogen-bond donors (Lipinski definition) is 0. The summed E-state index contributed by atoms with van der Waals surface area (Å²) in [5, 5.41) is 27.0. The second kappa shape index (κ2) is 8.33. The quantitative estimate of drug-likeness (QED) is 0.234. The Kier molecular flexibility index (Phi) is 4.62. The first-order valence-corrected chi connectivity index (χ1v) is 13.2. The Morgan fingerprint density at radius 1 is 0.475 bits per heavy atom. The highest BCUT2D eigenvalue weighted by molar-refractivity contribution is 6.26. The van der Waals surface area contributed by atoms with E-state index in [0.29, 0.717) is 16.8 Å². The van der Waals surface area contributed by atoms with Gasteiger partial charge in [0.1, 0.15) is 12.1 Å². The summed E-state index contributed by atoms with van der Waals surface area (Å²) in [6, 6.07) is 46.1. The van der Waals surface area contributed by atoms with Crippen LogP contribution in [0.15, 0.2) is 121 Å². The van der Waals surface area contributed by atoms with Gasteiger partial charge in [0, 0.05) is 27.2 Å². The fourth-order valence-corrected chi connectivity index (χ4v) is 6.30. The Morgan fingerprint density at radius 2 is 1.12 bits per heavy atom. The highest BCUT2D eigenvalue weighted by Gasteiger charge is 2.23. The van der Waals surface area contributed by atoms with E-state index in [1.807, 2.05) is 12.1 Å². The van der Waals surface area contributed by atoms with Gasteiger partial charge in [-0.25, -0.2) is 0 Å². The van der Waals surface area contributed by atoms with Crippen LogP contribution in [0.4, 0.5) is 0 Å². The molecule has 8 aromatic rings. The zero-order valence-electron chi connectivity index (χ0n) is 21.3. The minimum absolute atomic E-state index is 0.469. The second-order valence-electron chi connectivity index (χ2n) is 10.0. The lowest BCUT2D eigenvalue weighted by molar-refractivity contribution is 1.16. The van der Waals surface area contributed by atoms with Gasteiger partial charge in [0.2, 0.25) is 0 Å². The van der Waals surface area contributed by atoms with Crippen LogP contribution in [0.25, 0.3) is 65.8 Å². The summed E-state index contributed by atoms with van der Waals surface area (Å²) < 4.78 is 4.45. The molecule has 0 aliphatic heterocycles. The maximum Gasteiger partial charge on any atom is 0.101 e. The van der Waals surface area contributed by atoms with Crippen molar-refractivity contribution in [3.8, 4) is 23.5 Å². The van der Waals surface area contributed by atoms with E-state index in [9.17, 15) is 10.5 Å². The predicted molar refractivity (Wildman–Crippen MR) is 162 cm³/mol. The summed E-state index contributed by atoms with van der Waals surface area (Å²) in [6.07, 6.45) is 0. The van der Waals surface area contributed by atoms with Crippen LogP contribution in [-0.4, -0.2) is 9.13 Å². The van der Waals surface area contributed by atoms with Crippen LogP contribution in [-0.2, 0) is 0 Å². The third-order valence-corrected chi connectivity index (χ3v) is 7.96. The summed E-state index contributed by atoms with van der Waals surface area (Å²) in [6.45, 7) is 0. The fourth-order valence-electron chi connectivity index (χ4n) is 6.30. The maximum absolute atomic E-state index is 10.1. The lowest BCUT2D eigenvalue weighted by atomic mass is 10.1. The predicted octanol–water partition coefficient (Wildman–Crippen LogP) is 8.78. The molecule has 0 aliphatic rings. The number of nitrogens with zero attached hydrogens (tertiary/aromatic N) is 4. The Labute approximate surface area is 229 Å². The summed E-state index contributed by atoms with van der Waals surface area (Å²) >= 11 is 0. The number of hydrogen-bond acceptors (Lipinski definition) is 2. The van der Waals surface area contributed by atoms with Crippen LogP contribution in [0.5, 0.6) is 0 Å². The normalized spacial score (nSPS) is 11.4. The third kappa shape index (κ3) is 2.93. The first kappa shape index (κ1) is 22.2. The third-order valence-electron chi connectivity index (χ3n) is 7.96. The van der Waals surface area contributed by atoms with Gasteiger partial charge in [-0.2, -0.15) is 10.5 Å². The summed E-state index contributed by atoms with van der Waals surface area (Å²) in [4.78, 5) is 0. The van der Waals surface area contributed by atoms with Crippen molar-refractivity contribution in [1.82, 2.24) is 9.13 Å². The minimum Gasteiger partial charge on any atom is -0.309 e. The number of para-hydroxylation sites is 3. The summed E-state index contributed by atoms with van der Waals surface area (Å²) in [7, 11) is 0. The van der Waals surface area contributed by atoms with Crippen molar-refractivity contribution in [2.75, 3.05) is 0 Å². The topological polar surface area (TPSA) is 57.4 Å². The monoisotopic (exact) mass is 508 g/mol. The maximum atomic E-state index is 10.1. The molecule has 2 heterocycles. The molecule has 0 amide bonds. The molecule has 0 saturated carbocycles. The zero-order valence-corrected chi connectivity index (χ0v) is 21.3. The van der Waals surface area contributed by atoms with Gasteiger partial charge < -0.3 is 9.13 Å². The number of nitriles is 2. The number of benzene rings is 6. The molecule has 0 aliphatic carbocycles. The molecule has 0 saturated heterocycles. The molecule has 0 N–H and O–H groups in total. The molecule has 0 radical (unpaired) electrons. The Hall–Kier alpha value is -5.84. The van der Waals surface area contributed by atoms with E-state index >= 15 is 0 Å². The molecule has 2 aromatic heterocycles. The molecule has 0 spiro atoms. The molecule has 4 heteroatoms. The van der Waals surface area contributed by atoms with Gasteiger partial charge in [-0.05, 0) is 53.2 Å². The Bertz CT molecular complexity index is 2370. The molecule has 6 aromatic carbocycles. The van der Waals surface area contributed by atoms with Gasteiger partial charge in [0.05, 0.1) is 38.9 Å². The highest BCUT2D eigenvalue weighted by Crippen LogP contribution is 2.42. The molecule has 8 rings (SSSR count). The van der Waals surface area contributed by atoms with Crippen molar-refractivity contribution in [2.45, 2.75) is 0 Å². The van der Waals surface area contributed by atoms with Crippen LogP contribution < -0.4 is 0 Å². The van der Waals surface area contributed by atoms with Crippen LogP contribution in [0.2, 0.25) is 0 Å². The first-order chi connectivity index (χ1) is 19.8. The van der Waals surface area contributed by atoms with Gasteiger partial charge in [0.25, 0.3) is 0 Å². The molecule has 40 heavy (non-hydrogen) atoms. The Balaban J connectivity index is 1.61. The lowest BCUT2D eigenvalue weighted by Crippen LogP contribution is -2.01. The number of rotatable bonds is 2. The molecule has 0 fully saturated rings. The highest BCUT2D eigenvalue weighted by atomic mass is 15.0. The molecule has 184 valence electrons. The zero-order chi connectivity index (χ0) is 26.8. The average Bonchev–Trinajstić information content (AvgIpc) is 3.53. The van der Waals surface area contributed by atoms with Crippen LogP contribution in [0.1, 0.15) is 11.1 Å². The van der Waals surface area contributed by atoms with Crippen LogP contribution >= 0.6 is 0 Å². The Morgan fingerprint density at radius 3 is 1.88 bits per heavy atom. The second-order valence-corrected chi connectivity index (χ2v) is 10.0. The van der Waals surface area contributed by atoms with E-state index in [0.717, 1.165) is 49.3 Å². The van der Waals surface area contributed by atoms with Crippen molar-refractivity contribution < 1.29 is 0 Å². The fraction of sp³-hybridized carbons (Fsp3) is 0. The van der Waals surface area contributed by atoms with Crippen molar-refractivity contribution >= 4 is 54.4 Å². The minimum atomic E-state index is 0.469. The van der Waals surface area contributed by atoms with Gasteiger partial charge in [-0.1, -0.05) is 78.9 Å². The smallest absolute Gasteiger partial charge is 0.101 e. The van der Waals surface area contributed by atoms with Gasteiger partial charge >= 0.3 is 0 Å². The van der Waals surface area contributed by atoms with E-state index in [2.05, 4.69) is 112 Å². The molecular weight excluding hydrogens is 488 g/mol. The summed E-state index contributed by atoms with van der Waals surface area (Å²) in [5.41, 5.74) is 6.78. The molecular formula is C36H20N4. The number of fused-ring (bicyclic) bond motifs is 8. The van der Waals surface area contributed by atoms with E-state index in [4.69, 9.17) is 0 Å². The molecule has 4 nitrogen and oxygen atoms in total. The van der Waals surface area contributed by atoms with Crippen LogP contribution in [0, 0.1) is 22.7 Å². The molecule has 0 bridgehead atoms. The van der Waals surface area contributed by atoms with E-state index in [1.165, 1.54) is 10.8 Å². The van der Waals surface area contributed by atoms with Crippen molar-refractivity contribution in [1.29, 1.82) is 10.5 Å². The first-order valence-electron chi connectivity index (χ1n) is 13.2. The largest absolute Gasteiger partial charge is 0.309 e.